The fraction of sp³-hybridized carbons (Fsp3) is 0. The Kier molecular flexibility index (Phi) is 1.46. The molecule has 0 radical (unpaired) electrons. The summed E-state index contributed by atoms with van der Waals surface area (Å²) in [6, 6.07) is 7.57. The zero-order chi connectivity index (χ0) is 9.54. The van der Waals surface area contributed by atoms with Crippen LogP contribution in [0.25, 0.3) is 21.1 Å². The molecule has 0 spiro atoms. The van der Waals surface area contributed by atoms with Crippen LogP contribution in [-0.2, 0) is 0 Å². The molecule has 14 heavy (non-hydrogen) atoms. The average Bonchev–Trinajstić information content (AvgIpc) is 2.66. The van der Waals surface area contributed by atoms with E-state index in [0.29, 0.717) is 5.52 Å². The molecule has 4 heteroatoms. The van der Waals surface area contributed by atoms with Crippen molar-refractivity contribution in [2.75, 3.05) is 0 Å². The number of pyridine rings is 1. The van der Waals surface area contributed by atoms with Crippen LogP contribution >= 0.6 is 11.3 Å². The minimum Gasteiger partial charge on any atom is -0.618 e. The van der Waals surface area contributed by atoms with Gasteiger partial charge in [0.15, 0.2) is 0 Å². The smallest absolute Gasteiger partial charge is 0.225 e. The van der Waals surface area contributed by atoms with E-state index in [1.54, 1.807) is 16.8 Å². The summed E-state index contributed by atoms with van der Waals surface area (Å²) < 4.78 is 1.95. The molecular formula is C10H6N2OS. The number of aromatic nitrogens is 2. The molecule has 3 aromatic rings. The van der Waals surface area contributed by atoms with Gasteiger partial charge in [0.2, 0.25) is 11.7 Å². The number of rotatable bonds is 0. The van der Waals surface area contributed by atoms with Crippen LogP contribution in [0.4, 0.5) is 0 Å². The highest BCUT2D eigenvalue weighted by atomic mass is 32.1. The third-order valence-corrected chi connectivity index (χ3v) is 3.10. The Morgan fingerprint density at radius 2 is 2.14 bits per heavy atom. The summed E-state index contributed by atoms with van der Waals surface area (Å²) in [4.78, 5) is 4.13. The molecule has 3 rings (SSSR count). The molecule has 2 heterocycles. The van der Waals surface area contributed by atoms with E-state index < -0.39 is 0 Å². The molecule has 0 saturated carbocycles. The van der Waals surface area contributed by atoms with E-state index in [4.69, 9.17) is 0 Å². The van der Waals surface area contributed by atoms with E-state index in [-0.39, 0.29) is 0 Å². The highest BCUT2D eigenvalue weighted by Crippen LogP contribution is 2.24. The van der Waals surface area contributed by atoms with Crippen molar-refractivity contribution in [2.45, 2.75) is 0 Å². The van der Waals surface area contributed by atoms with Gasteiger partial charge in [-0.25, -0.2) is 4.98 Å². The fourth-order valence-electron chi connectivity index (χ4n) is 1.59. The average molecular weight is 202 g/mol. The van der Waals surface area contributed by atoms with Crippen LogP contribution < -0.4 is 4.73 Å². The molecule has 0 N–H and O–H groups in total. The summed E-state index contributed by atoms with van der Waals surface area (Å²) in [5, 5.41) is 12.5. The van der Waals surface area contributed by atoms with Gasteiger partial charge >= 0.3 is 0 Å². The second kappa shape index (κ2) is 2.65. The van der Waals surface area contributed by atoms with Crippen molar-refractivity contribution in [2.24, 2.45) is 0 Å². The van der Waals surface area contributed by atoms with Crippen LogP contribution in [0.3, 0.4) is 0 Å². The predicted octanol–water partition coefficient (Wildman–Crippen LogP) is 2.08. The van der Waals surface area contributed by atoms with E-state index in [0.717, 1.165) is 20.3 Å². The van der Waals surface area contributed by atoms with Crippen LogP contribution in [0, 0.1) is 5.21 Å². The minimum absolute atomic E-state index is 0.698. The zero-order valence-corrected chi connectivity index (χ0v) is 7.99. The molecule has 0 aliphatic carbocycles. The van der Waals surface area contributed by atoms with Crippen LogP contribution in [0.1, 0.15) is 0 Å². The Morgan fingerprint density at radius 1 is 1.29 bits per heavy atom. The largest absolute Gasteiger partial charge is 0.618 e. The summed E-state index contributed by atoms with van der Waals surface area (Å²) in [7, 11) is 0. The Balaban J connectivity index is 2.67. The van der Waals surface area contributed by atoms with Gasteiger partial charge in [-0.1, -0.05) is 12.1 Å². The monoisotopic (exact) mass is 202 g/mol. The molecule has 1 aromatic carbocycles. The Bertz CT molecular complexity index is 618. The molecule has 0 amide bonds. The predicted molar refractivity (Wildman–Crippen MR) is 56.1 cm³/mol. The molecule has 0 unspecified atom stereocenters. The van der Waals surface area contributed by atoms with E-state index in [1.165, 1.54) is 6.20 Å². The van der Waals surface area contributed by atoms with Crippen molar-refractivity contribution in [3.8, 4) is 0 Å². The topological polar surface area (TPSA) is 39.8 Å². The molecule has 0 bridgehead atoms. The van der Waals surface area contributed by atoms with Crippen molar-refractivity contribution >= 4 is 32.5 Å². The molecule has 0 aliphatic heterocycles. The van der Waals surface area contributed by atoms with Crippen LogP contribution in [0.15, 0.2) is 36.0 Å². The summed E-state index contributed by atoms with van der Waals surface area (Å²) in [5.41, 5.74) is 3.23. The van der Waals surface area contributed by atoms with Gasteiger partial charge in [-0.15, -0.1) is 11.3 Å². The maximum absolute atomic E-state index is 11.6. The molecule has 3 nitrogen and oxygen atoms in total. The van der Waals surface area contributed by atoms with Gasteiger partial charge in [0.25, 0.3) is 0 Å². The van der Waals surface area contributed by atoms with Crippen molar-refractivity contribution in [3.05, 3.63) is 41.2 Å². The Morgan fingerprint density at radius 3 is 3.07 bits per heavy atom. The normalized spacial score (nSPS) is 11.1. The zero-order valence-electron chi connectivity index (χ0n) is 7.18. The SMILES string of the molecule is [O-][n+]1cc2ncsc2c2ccccc21. The van der Waals surface area contributed by atoms with Crippen molar-refractivity contribution in [1.29, 1.82) is 0 Å². The lowest BCUT2D eigenvalue weighted by atomic mass is 10.2. The van der Waals surface area contributed by atoms with Crippen molar-refractivity contribution in [1.82, 2.24) is 4.98 Å². The lowest BCUT2D eigenvalue weighted by Gasteiger charge is -2.00. The number of hydrogen-bond acceptors (Lipinski definition) is 3. The van der Waals surface area contributed by atoms with E-state index in [1.807, 2.05) is 24.3 Å². The first-order valence-electron chi connectivity index (χ1n) is 4.20. The quantitative estimate of drug-likeness (QED) is 0.413. The fourth-order valence-corrected chi connectivity index (χ4v) is 2.38. The maximum Gasteiger partial charge on any atom is 0.225 e. The molecular weight excluding hydrogens is 196 g/mol. The molecule has 0 fully saturated rings. The van der Waals surface area contributed by atoms with Crippen LogP contribution in [0.5, 0.6) is 0 Å². The number of thiazole rings is 1. The first kappa shape index (κ1) is 7.70. The minimum atomic E-state index is 0.698. The van der Waals surface area contributed by atoms with E-state index in [9.17, 15) is 5.21 Å². The van der Waals surface area contributed by atoms with Gasteiger partial charge in [-0.05, 0) is 6.07 Å². The first-order valence-corrected chi connectivity index (χ1v) is 5.08. The van der Waals surface area contributed by atoms with Gasteiger partial charge < -0.3 is 5.21 Å². The molecule has 0 saturated heterocycles. The van der Waals surface area contributed by atoms with Gasteiger partial charge in [-0.3, -0.25) is 0 Å². The van der Waals surface area contributed by atoms with Crippen molar-refractivity contribution < 1.29 is 4.73 Å². The standard InChI is InChI=1S/C10H6N2OS/c13-12-5-8-10(14-6-11-8)7-3-1-2-4-9(7)12/h1-6H. The highest BCUT2D eigenvalue weighted by Gasteiger charge is 2.09. The van der Waals surface area contributed by atoms with Gasteiger partial charge in [0.05, 0.1) is 15.6 Å². The summed E-state index contributed by atoms with van der Waals surface area (Å²) in [5.74, 6) is 0. The summed E-state index contributed by atoms with van der Waals surface area (Å²) in [6.07, 6.45) is 1.52. The second-order valence-corrected chi connectivity index (χ2v) is 3.89. The Hall–Kier alpha value is -1.68. The lowest BCUT2D eigenvalue weighted by molar-refractivity contribution is -0.575. The molecule has 0 atom stereocenters. The second-order valence-electron chi connectivity index (χ2n) is 3.04. The summed E-state index contributed by atoms with van der Waals surface area (Å²) >= 11 is 1.56. The van der Waals surface area contributed by atoms with Gasteiger partial charge in [-0.2, -0.15) is 4.73 Å². The number of nitrogens with zero attached hydrogens (tertiary/aromatic N) is 2. The van der Waals surface area contributed by atoms with Gasteiger partial charge in [0, 0.05) is 6.07 Å². The maximum atomic E-state index is 11.6. The molecule has 68 valence electrons. The van der Waals surface area contributed by atoms with E-state index in [2.05, 4.69) is 4.98 Å². The van der Waals surface area contributed by atoms with E-state index >= 15 is 0 Å². The number of fused-ring (bicyclic) bond motifs is 3. The number of hydrogen-bond donors (Lipinski definition) is 0. The first-order chi connectivity index (χ1) is 6.86. The Labute approximate surface area is 83.8 Å². The molecule has 2 aromatic heterocycles. The highest BCUT2D eigenvalue weighted by molar-refractivity contribution is 7.17. The third-order valence-electron chi connectivity index (χ3n) is 2.22. The third kappa shape index (κ3) is 0.914. The van der Waals surface area contributed by atoms with Crippen molar-refractivity contribution in [3.63, 3.8) is 0 Å². The van der Waals surface area contributed by atoms with Crippen LogP contribution in [-0.4, -0.2) is 4.98 Å². The summed E-state index contributed by atoms with van der Waals surface area (Å²) in [6.45, 7) is 0. The number of para-hydroxylation sites is 1. The lowest BCUT2D eigenvalue weighted by Crippen LogP contribution is -2.26. The van der Waals surface area contributed by atoms with Gasteiger partial charge in [0.1, 0.15) is 5.52 Å². The molecule has 0 aliphatic rings. The van der Waals surface area contributed by atoms with Crippen LogP contribution in [0.2, 0.25) is 0 Å². The number of benzene rings is 1.